The number of aryl methyl sites for hydroxylation is 1. The fraction of sp³-hybridized carbons (Fsp3) is 0.125. The van der Waals surface area contributed by atoms with Crippen molar-refractivity contribution in [3.05, 3.63) is 93.5 Å². The zero-order valence-electron chi connectivity index (χ0n) is 18.5. The fourth-order valence-electron chi connectivity index (χ4n) is 2.91. The molecule has 10 heteroatoms. The predicted octanol–water partition coefficient (Wildman–Crippen LogP) is 3.69. The Labute approximate surface area is 195 Å². The van der Waals surface area contributed by atoms with Gasteiger partial charge in [0.15, 0.2) is 6.61 Å². The summed E-state index contributed by atoms with van der Waals surface area (Å²) in [5, 5.41) is 17.6. The Morgan fingerprint density at radius 1 is 1.09 bits per heavy atom. The van der Waals surface area contributed by atoms with Gasteiger partial charge in [0, 0.05) is 17.2 Å². The van der Waals surface area contributed by atoms with Crippen molar-refractivity contribution in [2.45, 2.75) is 6.92 Å². The van der Waals surface area contributed by atoms with Crippen molar-refractivity contribution in [3.63, 3.8) is 0 Å². The van der Waals surface area contributed by atoms with Gasteiger partial charge in [-0.2, -0.15) is 5.10 Å². The number of anilines is 1. The lowest BCUT2D eigenvalue weighted by Crippen LogP contribution is -2.20. The second-order valence-corrected chi connectivity index (χ2v) is 7.06. The number of benzene rings is 3. The quantitative estimate of drug-likeness (QED) is 0.283. The molecular weight excluding hydrogens is 440 g/mol. The molecule has 174 valence electrons. The van der Waals surface area contributed by atoms with Crippen LogP contribution in [0.2, 0.25) is 0 Å². The van der Waals surface area contributed by atoms with Crippen LogP contribution in [0.3, 0.4) is 0 Å². The molecule has 0 saturated heterocycles. The van der Waals surface area contributed by atoms with Crippen molar-refractivity contribution < 1.29 is 24.0 Å². The highest BCUT2D eigenvalue weighted by atomic mass is 16.6. The molecule has 0 aliphatic heterocycles. The molecule has 0 radical (unpaired) electrons. The zero-order chi connectivity index (χ0) is 24.5. The second-order valence-electron chi connectivity index (χ2n) is 7.06. The fourth-order valence-corrected chi connectivity index (χ4v) is 2.91. The number of methoxy groups -OCH3 is 1. The van der Waals surface area contributed by atoms with Gasteiger partial charge in [-0.05, 0) is 55.0 Å². The number of hydrogen-bond donors (Lipinski definition) is 2. The summed E-state index contributed by atoms with van der Waals surface area (Å²) in [5.74, 6) is 0.116. The van der Waals surface area contributed by atoms with Gasteiger partial charge in [0.25, 0.3) is 17.5 Å². The Morgan fingerprint density at radius 3 is 2.53 bits per heavy atom. The van der Waals surface area contributed by atoms with Crippen molar-refractivity contribution in [1.82, 2.24) is 5.43 Å². The standard InChI is InChI=1S/C24H22N4O6/c1-16-7-10-18(13-21(16)28(31)32)24(30)27-25-14-17-8-11-19(12-9-17)34-15-23(29)26-20-5-3-4-6-22(20)33-2/h3-14H,15H2,1-2H3,(H,26,29)(H,27,30)/b25-14-. The highest BCUT2D eigenvalue weighted by Crippen LogP contribution is 2.23. The maximum Gasteiger partial charge on any atom is 0.273 e. The van der Waals surface area contributed by atoms with E-state index < -0.39 is 10.8 Å². The number of nitro benzene ring substituents is 1. The largest absolute Gasteiger partial charge is 0.495 e. The van der Waals surface area contributed by atoms with Crippen molar-refractivity contribution in [2.75, 3.05) is 19.0 Å². The van der Waals surface area contributed by atoms with Gasteiger partial charge in [-0.3, -0.25) is 19.7 Å². The van der Waals surface area contributed by atoms with E-state index in [1.54, 1.807) is 55.5 Å². The first kappa shape index (κ1) is 23.9. The number of rotatable bonds is 9. The van der Waals surface area contributed by atoms with E-state index in [1.165, 1.54) is 31.5 Å². The molecular formula is C24H22N4O6. The van der Waals surface area contributed by atoms with Crippen LogP contribution in [-0.2, 0) is 4.79 Å². The smallest absolute Gasteiger partial charge is 0.273 e. The van der Waals surface area contributed by atoms with Gasteiger partial charge in [-0.1, -0.05) is 18.2 Å². The molecule has 0 aromatic heterocycles. The Bertz CT molecular complexity index is 1220. The lowest BCUT2D eigenvalue weighted by Gasteiger charge is -2.10. The topological polar surface area (TPSA) is 132 Å². The third kappa shape index (κ3) is 6.39. The summed E-state index contributed by atoms with van der Waals surface area (Å²) in [4.78, 5) is 34.8. The molecule has 3 rings (SSSR count). The van der Waals surface area contributed by atoms with Gasteiger partial charge >= 0.3 is 0 Å². The predicted molar refractivity (Wildman–Crippen MR) is 126 cm³/mol. The Balaban J connectivity index is 1.50. The number of nitrogens with zero attached hydrogens (tertiary/aromatic N) is 2. The van der Waals surface area contributed by atoms with Crippen LogP contribution in [0.4, 0.5) is 11.4 Å². The van der Waals surface area contributed by atoms with Crippen LogP contribution in [0.5, 0.6) is 11.5 Å². The van der Waals surface area contributed by atoms with Gasteiger partial charge < -0.3 is 14.8 Å². The molecule has 2 N–H and O–H groups in total. The van der Waals surface area contributed by atoms with E-state index in [-0.39, 0.29) is 23.8 Å². The number of para-hydroxylation sites is 2. The first-order valence-corrected chi connectivity index (χ1v) is 10.1. The van der Waals surface area contributed by atoms with Crippen LogP contribution in [0.1, 0.15) is 21.5 Å². The normalized spacial score (nSPS) is 10.5. The highest BCUT2D eigenvalue weighted by molar-refractivity contribution is 5.95. The van der Waals surface area contributed by atoms with Gasteiger partial charge in [-0.15, -0.1) is 0 Å². The van der Waals surface area contributed by atoms with E-state index in [2.05, 4.69) is 15.8 Å². The average Bonchev–Trinajstić information content (AvgIpc) is 2.84. The maximum atomic E-state index is 12.2. The van der Waals surface area contributed by atoms with E-state index in [0.717, 1.165) is 0 Å². The van der Waals surface area contributed by atoms with Crippen molar-refractivity contribution in [2.24, 2.45) is 5.10 Å². The maximum absolute atomic E-state index is 12.2. The Kier molecular flexibility index (Phi) is 7.90. The van der Waals surface area contributed by atoms with Gasteiger partial charge in [0.1, 0.15) is 11.5 Å². The molecule has 0 aliphatic rings. The van der Waals surface area contributed by atoms with Crippen molar-refractivity contribution >= 4 is 29.4 Å². The van der Waals surface area contributed by atoms with Gasteiger partial charge in [0.2, 0.25) is 0 Å². The second kappa shape index (κ2) is 11.2. The number of hydrogen-bond acceptors (Lipinski definition) is 7. The molecule has 0 bridgehead atoms. The number of ether oxygens (including phenoxy) is 2. The van der Waals surface area contributed by atoms with Crippen LogP contribution in [-0.4, -0.2) is 36.7 Å². The molecule has 0 fully saturated rings. The third-order valence-electron chi connectivity index (χ3n) is 4.68. The monoisotopic (exact) mass is 462 g/mol. The molecule has 0 spiro atoms. The zero-order valence-corrected chi connectivity index (χ0v) is 18.5. The minimum absolute atomic E-state index is 0.129. The van der Waals surface area contributed by atoms with Crippen LogP contribution in [0, 0.1) is 17.0 Å². The molecule has 10 nitrogen and oxygen atoms in total. The van der Waals surface area contributed by atoms with Crippen LogP contribution in [0.25, 0.3) is 0 Å². The molecule has 0 unspecified atom stereocenters. The molecule has 0 atom stereocenters. The molecule has 2 amide bonds. The summed E-state index contributed by atoms with van der Waals surface area (Å²) >= 11 is 0. The summed E-state index contributed by atoms with van der Waals surface area (Å²) in [6.07, 6.45) is 1.42. The van der Waals surface area contributed by atoms with E-state index in [9.17, 15) is 19.7 Å². The molecule has 0 saturated carbocycles. The van der Waals surface area contributed by atoms with Crippen molar-refractivity contribution in [1.29, 1.82) is 0 Å². The number of carbonyl (C=O) groups excluding carboxylic acids is 2. The average molecular weight is 462 g/mol. The number of nitro groups is 1. The number of amides is 2. The van der Waals surface area contributed by atoms with Crippen LogP contribution < -0.4 is 20.2 Å². The van der Waals surface area contributed by atoms with E-state index >= 15 is 0 Å². The summed E-state index contributed by atoms with van der Waals surface area (Å²) in [7, 11) is 1.52. The van der Waals surface area contributed by atoms with Gasteiger partial charge in [-0.25, -0.2) is 5.43 Å². The molecule has 0 aliphatic carbocycles. The van der Waals surface area contributed by atoms with E-state index in [1.807, 2.05) is 0 Å². The Hall–Kier alpha value is -4.73. The van der Waals surface area contributed by atoms with Crippen LogP contribution >= 0.6 is 0 Å². The minimum atomic E-state index is -0.569. The lowest BCUT2D eigenvalue weighted by molar-refractivity contribution is -0.385. The van der Waals surface area contributed by atoms with Crippen molar-refractivity contribution in [3.8, 4) is 11.5 Å². The summed E-state index contributed by atoms with van der Waals surface area (Å²) in [6, 6.07) is 18.0. The first-order valence-electron chi connectivity index (χ1n) is 10.1. The molecule has 3 aromatic carbocycles. The third-order valence-corrected chi connectivity index (χ3v) is 4.68. The summed E-state index contributed by atoms with van der Waals surface area (Å²) in [5.41, 5.74) is 4.01. The summed E-state index contributed by atoms with van der Waals surface area (Å²) in [6.45, 7) is 1.41. The number of hydrazone groups is 1. The molecule has 3 aromatic rings. The van der Waals surface area contributed by atoms with E-state index in [4.69, 9.17) is 9.47 Å². The molecule has 34 heavy (non-hydrogen) atoms. The first-order chi connectivity index (χ1) is 16.4. The molecule has 0 heterocycles. The minimum Gasteiger partial charge on any atom is -0.495 e. The van der Waals surface area contributed by atoms with Crippen LogP contribution in [0.15, 0.2) is 71.8 Å². The summed E-state index contributed by atoms with van der Waals surface area (Å²) < 4.78 is 10.7. The highest BCUT2D eigenvalue weighted by Gasteiger charge is 2.14. The van der Waals surface area contributed by atoms with Gasteiger partial charge in [0.05, 0.1) is 23.9 Å². The Morgan fingerprint density at radius 2 is 1.82 bits per heavy atom. The SMILES string of the molecule is COc1ccccc1NC(=O)COc1ccc(/C=N\NC(=O)c2ccc(C)c([N+](=O)[O-])c2)cc1. The number of carbonyl (C=O) groups is 2. The van der Waals surface area contributed by atoms with E-state index in [0.29, 0.717) is 28.3 Å². The lowest BCUT2D eigenvalue weighted by atomic mass is 10.1. The number of nitrogens with one attached hydrogen (secondary N) is 2.